The third-order valence-corrected chi connectivity index (χ3v) is 3.27. The summed E-state index contributed by atoms with van der Waals surface area (Å²) in [5, 5.41) is 10.5. The van der Waals surface area contributed by atoms with E-state index in [1.54, 1.807) is 0 Å². The van der Waals surface area contributed by atoms with E-state index in [4.69, 9.17) is 0 Å². The molecule has 1 aliphatic rings. The topological polar surface area (TPSA) is 59.0 Å². The van der Waals surface area contributed by atoms with E-state index < -0.39 is 0 Å². The van der Waals surface area contributed by atoms with Gasteiger partial charge in [-0.3, -0.25) is 9.48 Å². The summed E-state index contributed by atoms with van der Waals surface area (Å²) in [6.45, 7) is 5.71. The average Bonchev–Trinajstić information content (AvgIpc) is 2.72. The highest BCUT2D eigenvalue weighted by Gasteiger charge is 2.19. The van der Waals surface area contributed by atoms with Crippen molar-refractivity contribution in [3.63, 3.8) is 0 Å². The molecule has 18 heavy (non-hydrogen) atoms. The summed E-state index contributed by atoms with van der Waals surface area (Å²) in [5.74, 6) is 0.128. The predicted octanol–water partition coefficient (Wildman–Crippen LogP) is 1.22. The first-order valence-corrected chi connectivity index (χ1v) is 6.71. The van der Waals surface area contributed by atoms with Crippen molar-refractivity contribution in [1.82, 2.24) is 20.4 Å². The molecule has 0 aliphatic carbocycles. The van der Waals surface area contributed by atoms with Crippen molar-refractivity contribution in [3.8, 4) is 0 Å². The number of hydrogen-bond donors (Lipinski definition) is 2. The van der Waals surface area contributed by atoms with E-state index in [1.807, 2.05) is 17.1 Å². The molecule has 1 aliphatic heterocycles. The minimum absolute atomic E-state index is 0.0603. The lowest BCUT2D eigenvalue weighted by molar-refractivity contribution is -0.122. The lowest BCUT2D eigenvalue weighted by Gasteiger charge is -2.14. The molecular weight excluding hydrogens is 228 g/mol. The predicted molar refractivity (Wildman–Crippen MR) is 70.1 cm³/mol. The highest BCUT2D eigenvalue weighted by atomic mass is 16.2. The van der Waals surface area contributed by atoms with Crippen molar-refractivity contribution in [1.29, 1.82) is 0 Å². The van der Waals surface area contributed by atoms with Gasteiger partial charge in [0, 0.05) is 30.9 Å². The van der Waals surface area contributed by atoms with Crippen molar-refractivity contribution in [2.45, 2.75) is 51.7 Å². The summed E-state index contributed by atoms with van der Waals surface area (Å²) >= 11 is 0. The number of hydrogen-bond acceptors (Lipinski definition) is 3. The Morgan fingerprint density at radius 2 is 2.39 bits per heavy atom. The van der Waals surface area contributed by atoms with Crippen LogP contribution in [-0.4, -0.2) is 28.3 Å². The first-order chi connectivity index (χ1) is 8.66. The Labute approximate surface area is 108 Å². The van der Waals surface area contributed by atoms with E-state index in [2.05, 4.69) is 29.6 Å². The lowest BCUT2D eigenvalue weighted by atomic mass is 10.1. The molecule has 5 heteroatoms. The summed E-state index contributed by atoms with van der Waals surface area (Å²) in [7, 11) is 0. The largest absolute Gasteiger partial charge is 0.355 e. The second-order valence-corrected chi connectivity index (χ2v) is 5.14. The van der Waals surface area contributed by atoms with Crippen molar-refractivity contribution < 1.29 is 4.79 Å². The van der Waals surface area contributed by atoms with Crippen LogP contribution in [0.25, 0.3) is 0 Å². The van der Waals surface area contributed by atoms with Gasteiger partial charge in [0.15, 0.2) is 0 Å². The number of nitrogens with zero attached hydrogens (tertiary/aromatic N) is 2. The zero-order valence-corrected chi connectivity index (χ0v) is 11.1. The highest BCUT2D eigenvalue weighted by molar-refractivity contribution is 5.81. The Morgan fingerprint density at radius 1 is 1.56 bits per heavy atom. The lowest BCUT2D eigenvalue weighted by Crippen LogP contribution is -2.42. The van der Waals surface area contributed by atoms with Gasteiger partial charge in [-0.2, -0.15) is 5.10 Å². The molecule has 100 valence electrons. The highest BCUT2D eigenvalue weighted by Crippen LogP contribution is 2.08. The van der Waals surface area contributed by atoms with E-state index in [0.717, 1.165) is 31.4 Å². The van der Waals surface area contributed by atoms with Gasteiger partial charge in [-0.1, -0.05) is 0 Å². The molecule has 1 unspecified atom stereocenters. The molecule has 0 bridgehead atoms. The fourth-order valence-electron chi connectivity index (χ4n) is 2.13. The number of amides is 1. The van der Waals surface area contributed by atoms with Crippen LogP contribution in [-0.2, 0) is 11.3 Å². The van der Waals surface area contributed by atoms with Crippen LogP contribution in [0, 0.1) is 0 Å². The van der Waals surface area contributed by atoms with Crippen LogP contribution in [0.5, 0.6) is 0 Å². The van der Waals surface area contributed by atoms with Gasteiger partial charge in [0.2, 0.25) is 5.91 Å². The van der Waals surface area contributed by atoms with Crippen LogP contribution in [0.4, 0.5) is 0 Å². The van der Waals surface area contributed by atoms with Crippen LogP contribution in [0.1, 0.15) is 44.7 Å². The maximum atomic E-state index is 11.8. The Hall–Kier alpha value is -1.36. The quantitative estimate of drug-likeness (QED) is 0.845. The van der Waals surface area contributed by atoms with Gasteiger partial charge in [-0.05, 0) is 33.1 Å². The zero-order chi connectivity index (χ0) is 13.0. The van der Waals surface area contributed by atoms with Gasteiger partial charge in [-0.25, -0.2) is 0 Å². The molecule has 1 saturated heterocycles. The fourth-order valence-corrected chi connectivity index (χ4v) is 2.13. The summed E-state index contributed by atoms with van der Waals surface area (Å²) < 4.78 is 1.93. The molecule has 1 aromatic rings. The molecule has 2 N–H and O–H groups in total. The summed E-state index contributed by atoms with van der Waals surface area (Å²) in [4.78, 5) is 11.8. The molecule has 1 fully saturated rings. The molecule has 0 radical (unpaired) electrons. The molecule has 5 nitrogen and oxygen atoms in total. The second kappa shape index (κ2) is 6.00. The smallest absolute Gasteiger partial charge is 0.237 e. The Morgan fingerprint density at radius 3 is 3.11 bits per heavy atom. The van der Waals surface area contributed by atoms with Gasteiger partial charge >= 0.3 is 0 Å². The average molecular weight is 250 g/mol. The van der Waals surface area contributed by atoms with E-state index in [1.165, 1.54) is 0 Å². The number of nitrogens with one attached hydrogen (secondary N) is 2. The molecule has 2 rings (SSSR count). The van der Waals surface area contributed by atoms with Crippen LogP contribution in [0.3, 0.4) is 0 Å². The Kier molecular flexibility index (Phi) is 4.36. The van der Waals surface area contributed by atoms with Gasteiger partial charge in [0.25, 0.3) is 0 Å². The van der Waals surface area contributed by atoms with Gasteiger partial charge in [0.05, 0.1) is 12.2 Å². The van der Waals surface area contributed by atoms with Crippen molar-refractivity contribution >= 4 is 5.91 Å². The molecule has 0 spiro atoms. The molecule has 1 aromatic heterocycles. The van der Waals surface area contributed by atoms with E-state index in [0.29, 0.717) is 12.6 Å². The van der Waals surface area contributed by atoms with Crippen LogP contribution < -0.4 is 10.6 Å². The minimum atomic E-state index is -0.0603. The number of rotatable bonds is 4. The third-order valence-electron chi connectivity index (χ3n) is 3.27. The normalized spacial score (nSPS) is 20.8. The van der Waals surface area contributed by atoms with Crippen molar-refractivity contribution in [3.05, 3.63) is 18.0 Å². The summed E-state index contributed by atoms with van der Waals surface area (Å²) in [5.41, 5.74) is 1.13. The van der Waals surface area contributed by atoms with E-state index in [-0.39, 0.29) is 11.9 Å². The standard InChI is InChI=1S/C13H22N4O/c1-10(2)17-9-11(8-16-17)7-15-12-5-3-4-6-14-13(12)18/h8-10,12,15H,3-7H2,1-2H3,(H,14,18). The fraction of sp³-hybridized carbons (Fsp3) is 0.692. The Bertz CT molecular complexity index is 399. The first kappa shape index (κ1) is 13.1. The summed E-state index contributed by atoms with van der Waals surface area (Å²) in [6, 6.07) is 0.315. The zero-order valence-electron chi connectivity index (χ0n) is 11.1. The molecule has 2 heterocycles. The van der Waals surface area contributed by atoms with Crippen LogP contribution in [0.15, 0.2) is 12.4 Å². The molecule has 1 atom stereocenters. The number of aromatic nitrogens is 2. The third kappa shape index (κ3) is 3.32. The summed E-state index contributed by atoms with van der Waals surface area (Å²) in [6.07, 6.45) is 6.99. The van der Waals surface area contributed by atoms with Gasteiger partial charge < -0.3 is 10.6 Å². The molecular formula is C13H22N4O. The van der Waals surface area contributed by atoms with Crippen LogP contribution >= 0.6 is 0 Å². The van der Waals surface area contributed by atoms with Gasteiger partial charge in [-0.15, -0.1) is 0 Å². The minimum Gasteiger partial charge on any atom is -0.355 e. The molecule has 0 saturated carbocycles. The van der Waals surface area contributed by atoms with E-state index in [9.17, 15) is 4.79 Å². The van der Waals surface area contributed by atoms with Crippen molar-refractivity contribution in [2.24, 2.45) is 0 Å². The van der Waals surface area contributed by atoms with Crippen molar-refractivity contribution in [2.75, 3.05) is 6.54 Å². The second-order valence-electron chi connectivity index (χ2n) is 5.14. The number of carbonyl (C=O) groups excluding carboxylic acids is 1. The van der Waals surface area contributed by atoms with E-state index >= 15 is 0 Å². The maximum Gasteiger partial charge on any atom is 0.237 e. The number of carbonyl (C=O) groups is 1. The Balaban J connectivity index is 1.87. The monoisotopic (exact) mass is 250 g/mol. The van der Waals surface area contributed by atoms with Crippen LogP contribution in [0.2, 0.25) is 0 Å². The maximum absolute atomic E-state index is 11.8. The van der Waals surface area contributed by atoms with Gasteiger partial charge in [0.1, 0.15) is 0 Å². The SMILES string of the molecule is CC(C)n1cc(CNC2CCCCNC2=O)cn1. The first-order valence-electron chi connectivity index (χ1n) is 6.71. The molecule has 1 amide bonds. The molecule has 0 aromatic carbocycles.